The van der Waals surface area contributed by atoms with E-state index in [2.05, 4.69) is 6.92 Å². The highest BCUT2D eigenvalue weighted by Crippen LogP contribution is 1.96. The van der Waals surface area contributed by atoms with Gasteiger partial charge in [-0.05, 0) is 6.42 Å². The van der Waals surface area contributed by atoms with E-state index >= 15 is 0 Å². The van der Waals surface area contributed by atoms with Crippen LogP contribution in [-0.4, -0.2) is 11.5 Å². The predicted octanol–water partition coefficient (Wildman–Crippen LogP) is 1.66. The Morgan fingerprint density at radius 3 is 2.78 bits per heavy atom. The molecular weight excluding hydrogens is 118 g/mol. The Bertz CT molecular complexity index is 83.1. The molecule has 3 nitrogen and oxygen atoms in total. The van der Waals surface area contributed by atoms with E-state index in [4.69, 9.17) is 0 Å². The highest BCUT2D eigenvalue weighted by atomic mass is 16.6. The third-order valence-corrected chi connectivity index (χ3v) is 1.04. The van der Waals surface area contributed by atoms with Crippen molar-refractivity contribution in [1.82, 2.24) is 0 Å². The lowest BCUT2D eigenvalue weighted by molar-refractivity contribution is -0.472. The van der Waals surface area contributed by atoms with Gasteiger partial charge in [0.05, 0.1) is 0 Å². The summed E-state index contributed by atoms with van der Waals surface area (Å²) in [7, 11) is 0. The van der Waals surface area contributed by atoms with Crippen LogP contribution in [0, 0.1) is 16.5 Å². The Labute approximate surface area is 55.2 Å². The number of hydrogen-bond donors (Lipinski definition) is 0. The van der Waals surface area contributed by atoms with Gasteiger partial charge in [0.25, 0.3) is 0 Å². The lowest BCUT2D eigenvalue weighted by Gasteiger charge is -1.91. The van der Waals surface area contributed by atoms with Gasteiger partial charge in [-0.15, -0.1) is 0 Å². The molecule has 0 N–H and O–H groups in total. The first-order chi connectivity index (χ1) is 4.27. The predicted molar refractivity (Wildman–Crippen MR) is 35.7 cm³/mol. The largest absolute Gasteiger partial charge is 0.265 e. The molecule has 0 unspecified atom stereocenters. The fraction of sp³-hybridized carbons (Fsp3) is 0.833. The highest BCUT2D eigenvalue weighted by Gasteiger charge is 1.94. The van der Waals surface area contributed by atoms with Gasteiger partial charge in [-0.3, -0.25) is 10.1 Å². The standard InChI is InChI=1S/C6H12NO2/c1-2-3-4-5-6-7(8)9/h5H,2-4,6H2,1H3. The monoisotopic (exact) mass is 130 g/mol. The van der Waals surface area contributed by atoms with Gasteiger partial charge in [0, 0.05) is 11.3 Å². The van der Waals surface area contributed by atoms with Gasteiger partial charge in [0.1, 0.15) is 0 Å². The van der Waals surface area contributed by atoms with Gasteiger partial charge in [-0.25, -0.2) is 0 Å². The van der Waals surface area contributed by atoms with Crippen molar-refractivity contribution in [1.29, 1.82) is 0 Å². The van der Waals surface area contributed by atoms with Crippen molar-refractivity contribution in [2.24, 2.45) is 0 Å². The Morgan fingerprint density at radius 2 is 2.33 bits per heavy atom. The van der Waals surface area contributed by atoms with Crippen molar-refractivity contribution in [2.75, 3.05) is 6.54 Å². The summed E-state index contributed by atoms with van der Waals surface area (Å²) in [6, 6.07) is 0. The second-order valence-corrected chi connectivity index (χ2v) is 1.95. The van der Waals surface area contributed by atoms with Crippen molar-refractivity contribution in [3.63, 3.8) is 0 Å². The molecule has 53 valence electrons. The van der Waals surface area contributed by atoms with Crippen LogP contribution in [0.15, 0.2) is 0 Å². The van der Waals surface area contributed by atoms with E-state index in [1.54, 1.807) is 6.42 Å². The summed E-state index contributed by atoms with van der Waals surface area (Å²) in [5, 5.41) is 9.74. The normalized spacial score (nSPS) is 9.44. The first-order valence-corrected chi connectivity index (χ1v) is 3.20. The van der Waals surface area contributed by atoms with Crippen LogP contribution < -0.4 is 0 Å². The Balaban J connectivity index is 2.83. The molecule has 0 aliphatic heterocycles. The van der Waals surface area contributed by atoms with Crippen LogP contribution in [-0.2, 0) is 0 Å². The van der Waals surface area contributed by atoms with Gasteiger partial charge < -0.3 is 0 Å². The van der Waals surface area contributed by atoms with Crippen molar-refractivity contribution in [3.05, 3.63) is 16.5 Å². The quantitative estimate of drug-likeness (QED) is 0.322. The molecule has 0 fully saturated rings. The average Bonchev–Trinajstić information content (AvgIpc) is 1.80. The SMILES string of the molecule is CCCC[CH]C[N+](=O)[O-]. The number of nitro groups is 1. The first-order valence-electron chi connectivity index (χ1n) is 3.20. The van der Waals surface area contributed by atoms with Crippen LogP contribution in [0.2, 0.25) is 0 Å². The third kappa shape index (κ3) is 7.40. The first kappa shape index (κ1) is 8.40. The van der Waals surface area contributed by atoms with E-state index in [-0.39, 0.29) is 11.5 Å². The smallest absolute Gasteiger partial charge is 0.207 e. The molecule has 0 aromatic heterocycles. The molecule has 0 amide bonds. The van der Waals surface area contributed by atoms with Gasteiger partial charge in [-0.2, -0.15) is 0 Å². The third-order valence-electron chi connectivity index (χ3n) is 1.04. The van der Waals surface area contributed by atoms with E-state index < -0.39 is 0 Å². The van der Waals surface area contributed by atoms with Crippen LogP contribution in [0.4, 0.5) is 0 Å². The van der Waals surface area contributed by atoms with Crippen LogP contribution in [0.25, 0.3) is 0 Å². The van der Waals surface area contributed by atoms with Crippen molar-refractivity contribution in [3.8, 4) is 0 Å². The zero-order valence-electron chi connectivity index (χ0n) is 5.67. The summed E-state index contributed by atoms with van der Waals surface area (Å²) in [4.78, 5) is 9.43. The Hall–Kier alpha value is -0.600. The number of nitrogens with zero attached hydrogens (tertiary/aromatic N) is 1. The molecular formula is C6H12NO2. The number of rotatable bonds is 5. The van der Waals surface area contributed by atoms with Crippen molar-refractivity contribution >= 4 is 0 Å². The average molecular weight is 130 g/mol. The molecule has 0 heterocycles. The second kappa shape index (κ2) is 5.54. The summed E-state index contributed by atoms with van der Waals surface area (Å²) in [6.45, 7) is 2.08. The van der Waals surface area contributed by atoms with E-state index in [0.717, 1.165) is 19.3 Å². The lowest BCUT2D eigenvalue weighted by Crippen LogP contribution is -2.00. The Kier molecular flexibility index (Phi) is 5.17. The van der Waals surface area contributed by atoms with Gasteiger partial charge in [0.2, 0.25) is 6.54 Å². The molecule has 0 aromatic rings. The Morgan fingerprint density at radius 1 is 1.67 bits per heavy atom. The summed E-state index contributed by atoms with van der Waals surface area (Å²) in [6.07, 6.45) is 4.75. The molecule has 0 spiro atoms. The molecule has 0 saturated heterocycles. The minimum Gasteiger partial charge on any atom is -0.265 e. The summed E-state index contributed by atoms with van der Waals surface area (Å²) in [5.41, 5.74) is 0. The number of hydrogen-bond acceptors (Lipinski definition) is 2. The van der Waals surface area contributed by atoms with E-state index in [0.29, 0.717) is 0 Å². The second-order valence-electron chi connectivity index (χ2n) is 1.95. The van der Waals surface area contributed by atoms with Crippen LogP contribution in [0.5, 0.6) is 0 Å². The molecule has 1 radical (unpaired) electrons. The molecule has 9 heavy (non-hydrogen) atoms. The number of unbranched alkanes of at least 4 members (excludes halogenated alkanes) is 3. The molecule has 0 atom stereocenters. The van der Waals surface area contributed by atoms with Crippen molar-refractivity contribution in [2.45, 2.75) is 26.2 Å². The van der Waals surface area contributed by atoms with Gasteiger partial charge >= 0.3 is 0 Å². The minimum atomic E-state index is -0.310. The van der Waals surface area contributed by atoms with E-state index in [1.807, 2.05) is 0 Å². The summed E-state index contributed by atoms with van der Waals surface area (Å²) in [5.74, 6) is 0. The molecule has 0 aliphatic rings. The highest BCUT2D eigenvalue weighted by molar-refractivity contribution is 4.60. The lowest BCUT2D eigenvalue weighted by atomic mass is 10.2. The fourth-order valence-electron chi connectivity index (χ4n) is 0.545. The maximum atomic E-state index is 9.74. The van der Waals surface area contributed by atoms with Gasteiger partial charge in [-0.1, -0.05) is 19.8 Å². The zero-order valence-corrected chi connectivity index (χ0v) is 5.67. The maximum Gasteiger partial charge on any atom is 0.207 e. The molecule has 3 heteroatoms. The molecule has 0 aliphatic carbocycles. The van der Waals surface area contributed by atoms with E-state index in [9.17, 15) is 10.1 Å². The molecule has 0 bridgehead atoms. The summed E-state index contributed by atoms with van der Waals surface area (Å²) < 4.78 is 0. The van der Waals surface area contributed by atoms with Gasteiger partial charge in [0.15, 0.2) is 0 Å². The maximum absolute atomic E-state index is 9.74. The molecule has 0 aromatic carbocycles. The van der Waals surface area contributed by atoms with Crippen LogP contribution in [0.3, 0.4) is 0 Å². The minimum absolute atomic E-state index is 0.0139. The molecule has 0 rings (SSSR count). The summed E-state index contributed by atoms with van der Waals surface area (Å²) >= 11 is 0. The zero-order chi connectivity index (χ0) is 7.11. The van der Waals surface area contributed by atoms with Crippen LogP contribution >= 0.6 is 0 Å². The van der Waals surface area contributed by atoms with Crippen molar-refractivity contribution < 1.29 is 4.92 Å². The van der Waals surface area contributed by atoms with Crippen LogP contribution in [0.1, 0.15) is 26.2 Å². The molecule has 0 saturated carbocycles. The van der Waals surface area contributed by atoms with E-state index in [1.165, 1.54) is 0 Å². The fourth-order valence-corrected chi connectivity index (χ4v) is 0.545. The topological polar surface area (TPSA) is 43.1 Å².